The number of aryl methyl sites for hydroxylation is 1. The van der Waals surface area contributed by atoms with Crippen molar-refractivity contribution in [1.29, 1.82) is 0 Å². The van der Waals surface area contributed by atoms with Gasteiger partial charge >= 0.3 is 0 Å². The van der Waals surface area contributed by atoms with E-state index in [1.54, 1.807) is 24.3 Å². The van der Waals surface area contributed by atoms with Crippen LogP contribution in [0.4, 0.5) is 11.6 Å². The Bertz CT molecular complexity index is 828. The number of hydrogen-bond acceptors (Lipinski definition) is 6. The molecule has 1 aromatic carbocycles. The Kier molecular flexibility index (Phi) is 5.27. The average molecular weight is 353 g/mol. The largest absolute Gasteiger partial charge is 0.335 e. The minimum Gasteiger partial charge on any atom is -0.335 e. The minimum atomic E-state index is -0.0795. The number of anilines is 2. The molecule has 1 saturated heterocycles. The molecule has 0 radical (unpaired) electrons. The first kappa shape index (κ1) is 18.0. The number of aromatic nitrogens is 2. The van der Waals surface area contributed by atoms with Crippen LogP contribution in [0.1, 0.15) is 33.5 Å². The lowest BCUT2D eigenvalue weighted by Crippen LogP contribution is -2.47. The van der Waals surface area contributed by atoms with Crippen LogP contribution in [0.2, 0.25) is 0 Å². The van der Waals surface area contributed by atoms with E-state index < -0.39 is 0 Å². The number of rotatable bonds is 4. The van der Waals surface area contributed by atoms with E-state index in [2.05, 4.69) is 20.2 Å². The van der Waals surface area contributed by atoms with E-state index in [1.165, 1.54) is 6.92 Å². The van der Waals surface area contributed by atoms with Crippen LogP contribution in [0, 0.1) is 6.92 Å². The molecule has 7 heteroatoms. The third kappa shape index (κ3) is 4.23. The second-order valence-corrected chi connectivity index (χ2v) is 6.58. The van der Waals surface area contributed by atoms with Gasteiger partial charge in [-0.3, -0.25) is 9.59 Å². The highest BCUT2D eigenvalue weighted by Gasteiger charge is 2.22. The van der Waals surface area contributed by atoms with Crippen molar-refractivity contribution < 1.29 is 9.59 Å². The van der Waals surface area contributed by atoms with Gasteiger partial charge in [0.1, 0.15) is 5.69 Å². The topological polar surface area (TPSA) is 78.4 Å². The highest BCUT2D eigenvalue weighted by atomic mass is 16.2. The fourth-order valence-electron chi connectivity index (χ4n) is 2.85. The lowest BCUT2D eigenvalue weighted by atomic mass is 10.1. The van der Waals surface area contributed by atoms with Gasteiger partial charge in [0.25, 0.3) is 5.91 Å². The molecule has 0 bridgehead atoms. The summed E-state index contributed by atoms with van der Waals surface area (Å²) in [7, 11) is 2.05. The maximum atomic E-state index is 12.8. The molecular weight excluding hydrogens is 330 g/mol. The number of ketones is 1. The number of amides is 1. The third-order valence-corrected chi connectivity index (χ3v) is 4.39. The molecule has 1 aromatic heterocycles. The van der Waals surface area contributed by atoms with Crippen LogP contribution < -0.4 is 5.32 Å². The SMILES string of the molecule is CC(=O)c1cccc(Nc2nc(C)cc(C(=O)N3CCN(C)CC3)n2)c1. The van der Waals surface area contributed by atoms with Crippen molar-refractivity contribution in [3.8, 4) is 0 Å². The highest BCUT2D eigenvalue weighted by molar-refractivity contribution is 5.95. The molecule has 0 spiro atoms. The first-order chi connectivity index (χ1) is 12.4. The smallest absolute Gasteiger partial charge is 0.272 e. The maximum Gasteiger partial charge on any atom is 0.272 e. The lowest BCUT2D eigenvalue weighted by molar-refractivity contribution is 0.0658. The summed E-state index contributed by atoms with van der Waals surface area (Å²) in [6.07, 6.45) is 0. The summed E-state index contributed by atoms with van der Waals surface area (Å²) in [4.78, 5) is 37.0. The number of Topliss-reactive ketones (excluding diaryl/α,β-unsaturated/α-hetero) is 1. The van der Waals surface area contributed by atoms with Crippen LogP contribution in [-0.2, 0) is 0 Å². The molecule has 2 aromatic rings. The van der Waals surface area contributed by atoms with Crippen LogP contribution in [0.15, 0.2) is 30.3 Å². The van der Waals surface area contributed by atoms with Crippen LogP contribution in [0.5, 0.6) is 0 Å². The molecule has 0 atom stereocenters. The Morgan fingerprint density at radius 2 is 1.81 bits per heavy atom. The summed E-state index contributed by atoms with van der Waals surface area (Å²) >= 11 is 0. The summed E-state index contributed by atoms with van der Waals surface area (Å²) in [6, 6.07) is 8.84. The predicted octanol–water partition coefficient (Wildman–Crippen LogP) is 2.12. The molecule has 1 aliphatic rings. The highest BCUT2D eigenvalue weighted by Crippen LogP contribution is 2.17. The number of carbonyl (C=O) groups is 2. The second-order valence-electron chi connectivity index (χ2n) is 6.58. The molecule has 0 aliphatic carbocycles. The van der Waals surface area contributed by atoms with Crippen molar-refractivity contribution in [3.63, 3.8) is 0 Å². The van der Waals surface area contributed by atoms with Crippen LogP contribution in [0.25, 0.3) is 0 Å². The molecule has 0 saturated carbocycles. The number of nitrogens with zero attached hydrogens (tertiary/aromatic N) is 4. The van der Waals surface area contributed by atoms with E-state index in [9.17, 15) is 9.59 Å². The zero-order valence-electron chi connectivity index (χ0n) is 15.3. The van der Waals surface area contributed by atoms with Gasteiger partial charge in [-0.05, 0) is 39.1 Å². The third-order valence-electron chi connectivity index (χ3n) is 4.39. The molecule has 0 unspecified atom stereocenters. The quantitative estimate of drug-likeness (QED) is 0.849. The van der Waals surface area contributed by atoms with Gasteiger partial charge in [-0.2, -0.15) is 0 Å². The Morgan fingerprint density at radius 3 is 2.50 bits per heavy atom. The molecule has 136 valence electrons. The summed E-state index contributed by atoms with van der Waals surface area (Å²) in [5.41, 5.74) is 2.41. The number of likely N-dealkylation sites (N-methyl/N-ethyl adjacent to an activating group) is 1. The zero-order chi connectivity index (χ0) is 18.7. The molecule has 2 heterocycles. The molecule has 1 N–H and O–H groups in total. The van der Waals surface area contributed by atoms with Gasteiger partial charge < -0.3 is 15.1 Å². The van der Waals surface area contributed by atoms with Gasteiger partial charge in [0.15, 0.2) is 5.78 Å². The molecule has 26 heavy (non-hydrogen) atoms. The van der Waals surface area contributed by atoms with Gasteiger partial charge in [-0.15, -0.1) is 0 Å². The van der Waals surface area contributed by atoms with Crippen molar-refractivity contribution in [2.24, 2.45) is 0 Å². The van der Waals surface area contributed by atoms with E-state index >= 15 is 0 Å². The molecular formula is C19H23N5O2. The van der Waals surface area contributed by atoms with E-state index in [1.807, 2.05) is 24.9 Å². The monoisotopic (exact) mass is 353 g/mol. The summed E-state index contributed by atoms with van der Waals surface area (Å²) in [6.45, 7) is 6.47. The lowest BCUT2D eigenvalue weighted by Gasteiger charge is -2.32. The minimum absolute atomic E-state index is 0.00950. The molecule has 3 rings (SSSR count). The summed E-state index contributed by atoms with van der Waals surface area (Å²) in [5, 5.41) is 3.09. The number of hydrogen-bond donors (Lipinski definition) is 1. The first-order valence-electron chi connectivity index (χ1n) is 8.64. The molecule has 1 fully saturated rings. The average Bonchev–Trinajstić information content (AvgIpc) is 2.61. The van der Waals surface area contributed by atoms with Gasteiger partial charge in [-0.25, -0.2) is 9.97 Å². The fourth-order valence-corrected chi connectivity index (χ4v) is 2.85. The number of benzene rings is 1. The van der Waals surface area contributed by atoms with Gasteiger partial charge in [-0.1, -0.05) is 12.1 Å². The van der Waals surface area contributed by atoms with E-state index in [-0.39, 0.29) is 11.7 Å². The van der Waals surface area contributed by atoms with E-state index in [0.717, 1.165) is 13.1 Å². The normalized spacial score (nSPS) is 15.0. The molecule has 7 nitrogen and oxygen atoms in total. The van der Waals surface area contributed by atoms with Crippen molar-refractivity contribution in [1.82, 2.24) is 19.8 Å². The van der Waals surface area contributed by atoms with Crippen molar-refractivity contribution in [3.05, 3.63) is 47.3 Å². The summed E-state index contributed by atoms with van der Waals surface area (Å²) < 4.78 is 0. The molecule has 1 amide bonds. The number of piperazine rings is 1. The van der Waals surface area contributed by atoms with Crippen molar-refractivity contribution in [2.75, 3.05) is 38.5 Å². The number of nitrogens with one attached hydrogen (secondary N) is 1. The Balaban J connectivity index is 1.80. The fraction of sp³-hybridized carbons (Fsp3) is 0.368. The van der Waals surface area contributed by atoms with Gasteiger partial charge in [0.2, 0.25) is 5.95 Å². The standard InChI is InChI=1S/C19H23N5O2/c1-13-11-17(18(26)24-9-7-23(3)8-10-24)22-19(20-13)21-16-6-4-5-15(12-16)14(2)25/h4-6,11-12H,7-10H2,1-3H3,(H,20,21,22). The maximum absolute atomic E-state index is 12.8. The van der Waals surface area contributed by atoms with E-state index in [0.29, 0.717) is 41.7 Å². The predicted molar refractivity (Wildman–Crippen MR) is 99.9 cm³/mol. The van der Waals surface area contributed by atoms with Crippen LogP contribution in [0.3, 0.4) is 0 Å². The first-order valence-corrected chi connectivity index (χ1v) is 8.64. The van der Waals surface area contributed by atoms with Crippen LogP contribution in [-0.4, -0.2) is 64.7 Å². The molecule has 1 aliphatic heterocycles. The van der Waals surface area contributed by atoms with Crippen molar-refractivity contribution >= 4 is 23.3 Å². The summed E-state index contributed by atoms with van der Waals surface area (Å²) in [5.74, 6) is 0.261. The Hall–Kier alpha value is -2.80. The van der Waals surface area contributed by atoms with Gasteiger partial charge in [0.05, 0.1) is 0 Å². The van der Waals surface area contributed by atoms with Crippen LogP contribution >= 0.6 is 0 Å². The van der Waals surface area contributed by atoms with Gasteiger partial charge in [0, 0.05) is 43.1 Å². The number of carbonyl (C=O) groups excluding carboxylic acids is 2. The second kappa shape index (κ2) is 7.61. The zero-order valence-corrected chi connectivity index (χ0v) is 15.3. The van der Waals surface area contributed by atoms with E-state index in [4.69, 9.17) is 0 Å². The van der Waals surface area contributed by atoms with Crippen molar-refractivity contribution in [2.45, 2.75) is 13.8 Å². The Labute approximate surface area is 153 Å². The Morgan fingerprint density at radius 1 is 1.08 bits per heavy atom.